The van der Waals surface area contributed by atoms with Crippen molar-refractivity contribution in [3.63, 3.8) is 0 Å². The lowest BCUT2D eigenvalue weighted by atomic mass is 10.0. The Morgan fingerprint density at radius 3 is 2.73 bits per heavy atom. The van der Waals surface area contributed by atoms with Gasteiger partial charge >= 0.3 is 0 Å². The lowest BCUT2D eigenvalue weighted by Gasteiger charge is -2.23. The second kappa shape index (κ2) is 9.46. The topological polar surface area (TPSA) is 53.6 Å². The van der Waals surface area contributed by atoms with Crippen molar-refractivity contribution >= 4 is 40.5 Å². The molecule has 2 fully saturated rings. The van der Waals surface area contributed by atoms with Crippen LogP contribution in [-0.4, -0.2) is 37.7 Å². The third kappa shape index (κ3) is 5.02. The average Bonchev–Trinajstić information content (AvgIpc) is 3.21. The van der Waals surface area contributed by atoms with Crippen LogP contribution in [0.25, 0.3) is 0 Å². The third-order valence-electron chi connectivity index (χ3n) is 5.77. The fraction of sp³-hybridized carbons (Fsp3) is 0.435. The monoisotopic (exact) mass is 447 g/mol. The molecule has 160 valence electrons. The van der Waals surface area contributed by atoms with Crippen molar-refractivity contribution in [2.75, 3.05) is 29.9 Å². The van der Waals surface area contributed by atoms with Crippen LogP contribution in [0.15, 0.2) is 36.4 Å². The summed E-state index contributed by atoms with van der Waals surface area (Å²) in [6.07, 6.45) is 4.05. The zero-order valence-corrected chi connectivity index (χ0v) is 18.6. The number of nitrogens with zero attached hydrogens (tertiary/aromatic N) is 1. The maximum absolute atomic E-state index is 12.4. The highest BCUT2D eigenvalue weighted by molar-refractivity contribution is 6.32. The molecule has 2 aliphatic heterocycles. The Kier molecular flexibility index (Phi) is 6.71. The van der Waals surface area contributed by atoms with Crippen molar-refractivity contribution in [1.82, 2.24) is 5.32 Å². The molecule has 0 aromatic heterocycles. The van der Waals surface area contributed by atoms with Crippen LogP contribution in [0.3, 0.4) is 0 Å². The molecular formula is C23H27Cl2N3O2. The van der Waals surface area contributed by atoms with E-state index in [1.54, 1.807) is 6.07 Å². The smallest absolute Gasteiger partial charge is 0.241 e. The molecule has 2 N–H and O–H groups in total. The number of halogens is 2. The van der Waals surface area contributed by atoms with Crippen molar-refractivity contribution in [2.45, 2.75) is 44.8 Å². The summed E-state index contributed by atoms with van der Waals surface area (Å²) in [6, 6.07) is 11.4. The fourth-order valence-corrected chi connectivity index (χ4v) is 4.39. The second-order valence-corrected chi connectivity index (χ2v) is 8.86. The Labute approximate surface area is 187 Å². The van der Waals surface area contributed by atoms with Crippen LogP contribution in [0.5, 0.6) is 5.75 Å². The van der Waals surface area contributed by atoms with Crippen LogP contribution in [-0.2, 0) is 4.79 Å². The molecular weight excluding hydrogens is 421 g/mol. The van der Waals surface area contributed by atoms with E-state index in [0.29, 0.717) is 16.5 Å². The first-order chi connectivity index (χ1) is 14.5. The summed E-state index contributed by atoms with van der Waals surface area (Å²) in [5, 5.41) is 7.49. The second-order valence-electron chi connectivity index (χ2n) is 8.04. The summed E-state index contributed by atoms with van der Waals surface area (Å²) >= 11 is 12.6. The van der Waals surface area contributed by atoms with E-state index in [2.05, 4.69) is 21.6 Å². The Morgan fingerprint density at radius 2 is 2.00 bits per heavy atom. The van der Waals surface area contributed by atoms with Crippen LogP contribution >= 0.6 is 23.2 Å². The number of carbonyl (C=O) groups is 1. The number of aryl methyl sites for hydroxylation is 1. The molecule has 4 rings (SSSR count). The van der Waals surface area contributed by atoms with E-state index < -0.39 is 0 Å². The SMILES string of the molecule is Cc1cc(N2CC[C@H](Oc3ccc(NC(=O)[C@H]4CCCCN4)cc3Cl)C2)ccc1Cl. The van der Waals surface area contributed by atoms with E-state index in [0.717, 1.165) is 61.6 Å². The minimum Gasteiger partial charge on any atom is -0.487 e. The predicted octanol–water partition coefficient (Wildman–Crippen LogP) is 5.04. The largest absolute Gasteiger partial charge is 0.487 e. The quantitative estimate of drug-likeness (QED) is 0.673. The van der Waals surface area contributed by atoms with Gasteiger partial charge in [0.05, 0.1) is 17.6 Å². The highest BCUT2D eigenvalue weighted by atomic mass is 35.5. The molecule has 0 radical (unpaired) electrons. The zero-order chi connectivity index (χ0) is 21.1. The van der Waals surface area contributed by atoms with Gasteiger partial charge in [-0.1, -0.05) is 29.6 Å². The van der Waals surface area contributed by atoms with Gasteiger partial charge in [-0.2, -0.15) is 0 Å². The number of ether oxygens (including phenoxy) is 1. The first-order valence-electron chi connectivity index (χ1n) is 10.5. The number of benzene rings is 2. The fourth-order valence-electron chi connectivity index (χ4n) is 4.04. The van der Waals surface area contributed by atoms with Crippen LogP contribution in [0.1, 0.15) is 31.2 Å². The number of carbonyl (C=O) groups excluding carboxylic acids is 1. The van der Waals surface area contributed by atoms with E-state index in [1.807, 2.05) is 31.2 Å². The van der Waals surface area contributed by atoms with Crippen LogP contribution in [0.4, 0.5) is 11.4 Å². The molecule has 2 aromatic rings. The molecule has 7 heteroatoms. The molecule has 1 amide bonds. The first kappa shape index (κ1) is 21.3. The molecule has 2 aliphatic rings. The minimum atomic E-state index is -0.130. The Morgan fingerprint density at radius 1 is 1.13 bits per heavy atom. The number of nitrogens with one attached hydrogen (secondary N) is 2. The molecule has 0 aliphatic carbocycles. The number of hydrogen-bond acceptors (Lipinski definition) is 4. The van der Waals surface area contributed by atoms with Gasteiger partial charge in [-0.3, -0.25) is 4.79 Å². The van der Waals surface area contributed by atoms with E-state index in [1.165, 1.54) is 0 Å². The maximum Gasteiger partial charge on any atom is 0.241 e. The standard InChI is InChI=1S/C23H27Cl2N3O2/c1-15-12-17(6-7-19(15)24)28-11-9-18(14-28)30-22-8-5-16(13-20(22)25)27-23(29)21-4-2-3-10-26-21/h5-8,12-13,18,21,26H,2-4,9-11,14H2,1H3,(H,27,29)/t18-,21+/m0/s1. The summed E-state index contributed by atoms with van der Waals surface area (Å²) in [7, 11) is 0. The number of hydrogen-bond donors (Lipinski definition) is 2. The van der Waals surface area contributed by atoms with Gasteiger partial charge in [0.1, 0.15) is 11.9 Å². The van der Waals surface area contributed by atoms with Crippen molar-refractivity contribution in [3.8, 4) is 5.75 Å². The summed E-state index contributed by atoms with van der Waals surface area (Å²) in [5.74, 6) is 0.633. The van der Waals surface area contributed by atoms with E-state index in [4.69, 9.17) is 27.9 Å². The molecule has 30 heavy (non-hydrogen) atoms. The van der Waals surface area contributed by atoms with Gasteiger partial charge in [0, 0.05) is 29.4 Å². The molecule has 2 heterocycles. The predicted molar refractivity (Wildman–Crippen MR) is 123 cm³/mol. The van der Waals surface area contributed by atoms with E-state index in [9.17, 15) is 4.79 Å². The molecule has 5 nitrogen and oxygen atoms in total. The van der Waals surface area contributed by atoms with Crippen LogP contribution in [0, 0.1) is 6.92 Å². The number of anilines is 2. The molecule has 2 atom stereocenters. The number of rotatable bonds is 5. The van der Waals surface area contributed by atoms with Crippen molar-refractivity contribution in [1.29, 1.82) is 0 Å². The molecule has 0 saturated carbocycles. The summed E-state index contributed by atoms with van der Waals surface area (Å²) in [6.45, 7) is 4.62. The van der Waals surface area contributed by atoms with Crippen molar-refractivity contribution in [3.05, 3.63) is 52.0 Å². The molecule has 0 unspecified atom stereocenters. The number of piperidine rings is 1. The highest BCUT2D eigenvalue weighted by Gasteiger charge is 2.25. The van der Waals surface area contributed by atoms with Crippen molar-refractivity contribution < 1.29 is 9.53 Å². The third-order valence-corrected chi connectivity index (χ3v) is 6.49. The van der Waals surface area contributed by atoms with Gasteiger partial charge in [-0.25, -0.2) is 0 Å². The minimum absolute atomic E-state index is 0.0101. The van der Waals surface area contributed by atoms with Crippen molar-refractivity contribution in [2.24, 2.45) is 0 Å². The molecule has 0 spiro atoms. The average molecular weight is 448 g/mol. The number of amides is 1. The molecule has 0 bridgehead atoms. The maximum atomic E-state index is 12.4. The highest BCUT2D eigenvalue weighted by Crippen LogP contribution is 2.32. The van der Waals surface area contributed by atoms with Crippen LogP contribution < -0.4 is 20.3 Å². The lowest BCUT2D eigenvalue weighted by Crippen LogP contribution is -2.43. The Hall–Kier alpha value is -1.95. The molecule has 2 saturated heterocycles. The van der Waals surface area contributed by atoms with Gasteiger partial charge in [-0.05, 0) is 68.3 Å². The first-order valence-corrected chi connectivity index (χ1v) is 11.3. The summed E-state index contributed by atoms with van der Waals surface area (Å²) < 4.78 is 6.16. The summed E-state index contributed by atoms with van der Waals surface area (Å²) in [5.41, 5.74) is 2.92. The Bertz CT molecular complexity index is 915. The van der Waals surface area contributed by atoms with Gasteiger partial charge in [0.2, 0.25) is 5.91 Å². The van der Waals surface area contributed by atoms with E-state index >= 15 is 0 Å². The normalized spacial score (nSPS) is 21.5. The van der Waals surface area contributed by atoms with Gasteiger partial charge < -0.3 is 20.3 Å². The molecule has 2 aromatic carbocycles. The van der Waals surface area contributed by atoms with Gasteiger partial charge in [0.15, 0.2) is 0 Å². The Balaban J connectivity index is 1.34. The van der Waals surface area contributed by atoms with E-state index in [-0.39, 0.29) is 18.1 Å². The van der Waals surface area contributed by atoms with Crippen LogP contribution in [0.2, 0.25) is 10.0 Å². The zero-order valence-electron chi connectivity index (χ0n) is 17.1. The lowest BCUT2D eigenvalue weighted by molar-refractivity contribution is -0.118. The van der Waals surface area contributed by atoms with Gasteiger partial charge in [0.25, 0.3) is 0 Å². The summed E-state index contributed by atoms with van der Waals surface area (Å²) in [4.78, 5) is 14.7. The van der Waals surface area contributed by atoms with Gasteiger partial charge in [-0.15, -0.1) is 0 Å².